The van der Waals surface area contributed by atoms with E-state index >= 15 is 0 Å². The fourth-order valence-corrected chi connectivity index (χ4v) is 2.93. The summed E-state index contributed by atoms with van der Waals surface area (Å²) in [4.78, 5) is 0. The molecular weight excluding hydrogens is 542 g/mol. The van der Waals surface area contributed by atoms with Gasteiger partial charge in [0.25, 0.3) is 0 Å². The Bertz CT molecular complexity index is 743. The van der Waals surface area contributed by atoms with E-state index in [1.54, 1.807) is 0 Å². The smallest absolute Gasteiger partial charge is 0.415 e. The molecule has 1 aromatic rings. The number of benzene rings is 1. The Hall–Kier alpha value is -1.47. The molecule has 0 unspecified atom stereocenters. The first-order valence-electron chi connectivity index (χ1n) is 12.7. The molecule has 0 amide bonds. The van der Waals surface area contributed by atoms with Crippen molar-refractivity contribution in [3.63, 3.8) is 0 Å². The molecule has 0 aliphatic heterocycles. The van der Waals surface area contributed by atoms with Crippen LogP contribution in [0.5, 0.6) is 5.75 Å². The van der Waals surface area contributed by atoms with Gasteiger partial charge in [0.2, 0.25) is 0 Å². The van der Waals surface area contributed by atoms with Gasteiger partial charge in [-0.2, -0.15) is 18.6 Å². The van der Waals surface area contributed by atoms with E-state index in [0.717, 1.165) is 5.75 Å². The molecule has 1 aromatic carbocycles. The molecule has 0 spiro atoms. The molecule has 2 N–H and O–H groups in total. The number of hydrogen-bond acceptors (Lipinski definition) is 14. The number of nitrogens with two attached hydrogens (primary N) is 1. The van der Waals surface area contributed by atoms with E-state index in [4.69, 9.17) is 42.6 Å². The van der Waals surface area contributed by atoms with E-state index in [2.05, 4.69) is 14.4 Å². The third-order valence-electron chi connectivity index (χ3n) is 4.42. The minimum Gasteiger partial charge on any atom is -0.491 e. The summed E-state index contributed by atoms with van der Waals surface area (Å²) in [6.07, 6.45) is 0. The number of para-hydroxylation sites is 1. The molecule has 0 bridgehead atoms. The van der Waals surface area contributed by atoms with E-state index in [-0.39, 0.29) is 19.8 Å². The van der Waals surface area contributed by atoms with Crippen molar-refractivity contribution < 1.29 is 59.5 Å². The van der Waals surface area contributed by atoms with Crippen LogP contribution in [0.3, 0.4) is 0 Å². The maximum absolute atomic E-state index is 10.8. The molecule has 14 nitrogen and oxygen atoms in total. The Morgan fingerprint density at radius 2 is 0.769 bits per heavy atom. The predicted molar refractivity (Wildman–Crippen MR) is 139 cm³/mol. The summed E-state index contributed by atoms with van der Waals surface area (Å²) in [5, 5.41) is 0. The maximum atomic E-state index is 10.8. The lowest BCUT2D eigenvalue weighted by molar-refractivity contribution is -0.0241. The van der Waals surface area contributed by atoms with Gasteiger partial charge in [0, 0.05) is 0 Å². The number of ether oxygens (including phenoxy) is 9. The summed E-state index contributed by atoms with van der Waals surface area (Å²) in [7, 11) is -4.14. The topological polar surface area (TPSA) is 162 Å². The monoisotopic (exact) mass is 585 g/mol. The van der Waals surface area contributed by atoms with Gasteiger partial charge in [-0.05, 0) is 12.1 Å². The molecule has 0 atom stereocenters. The first kappa shape index (κ1) is 35.6. The molecule has 0 aromatic heterocycles. The maximum Gasteiger partial charge on any atom is 0.415 e. The van der Waals surface area contributed by atoms with Gasteiger partial charge in [-0.25, -0.2) is 4.18 Å². The van der Waals surface area contributed by atoms with Crippen LogP contribution in [-0.4, -0.2) is 127 Å². The first-order valence-corrected chi connectivity index (χ1v) is 14.0. The van der Waals surface area contributed by atoms with Crippen molar-refractivity contribution in [3.8, 4) is 5.75 Å². The minimum atomic E-state index is -4.14. The van der Waals surface area contributed by atoms with Crippen molar-refractivity contribution >= 4 is 10.4 Å². The summed E-state index contributed by atoms with van der Waals surface area (Å²) in [6.45, 7) is 7.20. The molecular formula is C24H43NO13S. The van der Waals surface area contributed by atoms with Crippen LogP contribution in [0, 0.1) is 0 Å². The molecule has 39 heavy (non-hydrogen) atoms. The molecule has 0 fully saturated rings. The van der Waals surface area contributed by atoms with Crippen LogP contribution in [0.2, 0.25) is 0 Å². The standard InChI is InChI=1S/C24H43NO13S/c25-38-39(26,27)37-23-21-35-19-17-33-15-13-31-11-9-29-7-6-28-8-10-30-12-14-32-16-18-34-20-22-36-24-4-2-1-3-5-24/h1-5H,6-23,25H2. The molecule has 0 aliphatic rings. The Kier molecular flexibility index (Phi) is 24.4. The van der Waals surface area contributed by atoms with E-state index in [1.165, 1.54) is 0 Å². The highest BCUT2D eigenvalue weighted by atomic mass is 32.3. The molecule has 0 radical (unpaired) electrons. The average molecular weight is 586 g/mol. The van der Waals surface area contributed by atoms with Crippen LogP contribution in [0.15, 0.2) is 30.3 Å². The Morgan fingerprint density at radius 1 is 0.462 bits per heavy atom. The quantitative estimate of drug-likeness (QED) is 0.0972. The summed E-state index contributed by atoms with van der Waals surface area (Å²) in [5.74, 6) is 5.34. The predicted octanol–water partition coefficient (Wildman–Crippen LogP) is 0.350. The summed E-state index contributed by atoms with van der Waals surface area (Å²) < 4.78 is 78.1. The number of hydrogen-bond donors (Lipinski definition) is 1. The lowest BCUT2D eigenvalue weighted by atomic mass is 10.3. The second kappa shape index (κ2) is 26.7. The Labute approximate surface area is 231 Å². The van der Waals surface area contributed by atoms with Gasteiger partial charge in [0.05, 0.1) is 112 Å². The van der Waals surface area contributed by atoms with Crippen LogP contribution in [-0.2, 0) is 56.8 Å². The van der Waals surface area contributed by atoms with Crippen molar-refractivity contribution in [2.75, 3.05) is 119 Å². The largest absolute Gasteiger partial charge is 0.491 e. The van der Waals surface area contributed by atoms with Crippen molar-refractivity contribution in [2.24, 2.45) is 5.90 Å². The van der Waals surface area contributed by atoms with E-state index in [0.29, 0.717) is 99.1 Å². The molecule has 1 rings (SSSR count). The normalized spacial score (nSPS) is 11.7. The molecule has 0 aliphatic carbocycles. The highest BCUT2D eigenvalue weighted by molar-refractivity contribution is 7.81. The van der Waals surface area contributed by atoms with E-state index in [1.807, 2.05) is 30.3 Å². The van der Waals surface area contributed by atoms with Gasteiger partial charge in [0.15, 0.2) is 0 Å². The highest BCUT2D eigenvalue weighted by Gasteiger charge is 2.08. The number of rotatable bonds is 30. The lowest BCUT2D eigenvalue weighted by Crippen LogP contribution is -2.18. The zero-order valence-electron chi connectivity index (χ0n) is 22.4. The molecule has 228 valence electrons. The van der Waals surface area contributed by atoms with Crippen LogP contribution < -0.4 is 10.6 Å². The van der Waals surface area contributed by atoms with Crippen molar-refractivity contribution in [2.45, 2.75) is 0 Å². The Morgan fingerprint density at radius 3 is 1.10 bits per heavy atom. The summed E-state index contributed by atoms with van der Waals surface area (Å²) >= 11 is 0. The first-order chi connectivity index (χ1) is 19.1. The van der Waals surface area contributed by atoms with Crippen molar-refractivity contribution in [1.29, 1.82) is 0 Å². The second-order valence-electron chi connectivity index (χ2n) is 7.39. The van der Waals surface area contributed by atoms with E-state index in [9.17, 15) is 8.42 Å². The van der Waals surface area contributed by atoms with Gasteiger partial charge < -0.3 is 42.6 Å². The van der Waals surface area contributed by atoms with Crippen LogP contribution in [0.1, 0.15) is 0 Å². The van der Waals surface area contributed by atoms with Crippen LogP contribution in [0.25, 0.3) is 0 Å². The summed E-state index contributed by atoms with van der Waals surface area (Å²) in [5.41, 5.74) is 0. The van der Waals surface area contributed by atoms with Crippen molar-refractivity contribution in [1.82, 2.24) is 0 Å². The van der Waals surface area contributed by atoms with Gasteiger partial charge in [-0.1, -0.05) is 18.2 Å². The molecule has 0 saturated carbocycles. The third-order valence-corrected chi connectivity index (χ3v) is 5.11. The minimum absolute atomic E-state index is 0.0649. The zero-order chi connectivity index (χ0) is 28.1. The van der Waals surface area contributed by atoms with Gasteiger partial charge >= 0.3 is 10.4 Å². The molecule has 0 saturated heterocycles. The highest BCUT2D eigenvalue weighted by Crippen LogP contribution is 2.07. The molecule has 0 heterocycles. The van der Waals surface area contributed by atoms with Gasteiger partial charge in [0.1, 0.15) is 12.4 Å². The Balaban J connectivity index is 1.65. The van der Waals surface area contributed by atoms with E-state index < -0.39 is 10.4 Å². The van der Waals surface area contributed by atoms with Gasteiger partial charge in [-0.15, -0.1) is 0 Å². The average Bonchev–Trinajstić information content (AvgIpc) is 2.95. The van der Waals surface area contributed by atoms with Crippen LogP contribution in [0.4, 0.5) is 0 Å². The zero-order valence-corrected chi connectivity index (χ0v) is 23.2. The fraction of sp³-hybridized carbons (Fsp3) is 0.750. The summed E-state index contributed by atoms with van der Waals surface area (Å²) in [6, 6.07) is 9.62. The van der Waals surface area contributed by atoms with Crippen molar-refractivity contribution in [3.05, 3.63) is 30.3 Å². The fourth-order valence-electron chi connectivity index (χ4n) is 2.60. The third kappa shape index (κ3) is 25.3. The lowest BCUT2D eigenvalue weighted by Gasteiger charge is -2.09. The SMILES string of the molecule is NOS(=O)(=O)OCCOCCOCCOCCOCCOCCOCCOCCOCCOc1ccccc1. The second-order valence-corrected chi connectivity index (χ2v) is 8.63. The molecule has 15 heteroatoms. The van der Waals surface area contributed by atoms with Crippen LogP contribution >= 0.6 is 0 Å². The van der Waals surface area contributed by atoms with Gasteiger partial charge in [-0.3, -0.25) is 0 Å².